The van der Waals surface area contributed by atoms with Gasteiger partial charge in [0.05, 0.1) is 22.3 Å². The van der Waals surface area contributed by atoms with E-state index in [0.29, 0.717) is 24.3 Å². The summed E-state index contributed by atoms with van der Waals surface area (Å²) in [6, 6.07) is 11.3. The highest BCUT2D eigenvalue weighted by molar-refractivity contribution is 6.02. The Morgan fingerprint density at radius 2 is 0.875 bits per heavy atom. The molecule has 0 amide bonds. The van der Waals surface area contributed by atoms with E-state index in [1.165, 1.54) is 0 Å². The third-order valence-electron chi connectivity index (χ3n) is 7.05. The van der Waals surface area contributed by atoms with Crippen LogP contribution in [0.4, 0.5) is 26.3 Å². The average molecular weight is 678 g/mol. The quantitative estimate of drug-likeness (QED) is 0.110. The Balaban J connectivity index is 1.86. The highest BCUT2D eigenvalue weighted by atomic mass is 19.4. The number of carbonyl (C=O) groups is 4. The molecule has 10 nitrogen and oxygen atoms in total. The highest BCUT2D eigenvalue weighted by Gasteiger charge is 2.71. The molecule has 4 aromatic carbocycles. The molecule has 0 saturated carbocycles. The molecule has 0 radical (unpaired) electrons. The second kappa shape index (κ2) is 13.0. The van der Waals surface area contributed by atoms with Crippen LogP contribution in [0.3, 0.4) is 0 Å². The molecule has 16 heteroatoms. The van der Waals surface area contributed by atoms with Crippen LogP contribution in [0, 0.1) is 0 Å². The summed E-state index contributed by atoms with van der Waals surface area (Å²) in [6.45, 7) is -2.79. The maximum Gasteiger partial charge on any atom is 0.408 e. The molecular weight excluding hydrogens is 658 g/mol. The molecule has 0 aliphatic carbocycles. The summed E-state index contributed by atoms with van der Waals surface area (Å²) in [4.78, 5) is 45.8. The second-order valence-electron chi connectivity index (χ2n) is 9.98. The van der Waals surface area contributed by atoms with Crippen LogP contribution in [0.5, 0.6) is 23.0 Å². The zero-order valence-electron chi connectivity index (χ0n) is 23.8. The van der Waals surface area contributed by atoms with E-state index in [1.807, 2.05) is 0 Å². The second-order valence-corrected chi connectivity index (χ2v) is 9.98. The van der Waals surface area contributed by atoms with Crippen molar-refractivity contribution in [3.63, 3.8) is 0 Å². The zero-order valence-corrected chi connectivity index (χ0v) is 23.8. The molecule has 0 saturated heterocycles. The van der Waals surface area contributed by atoms with Gasteiger partial charge in [-0.05, 0) is 71.8 Å². The summed E-state index contributed by atoms with van der Waals surface area (Å²) in [5.74, 6) is -13.6. The molecule has 0 aromatic heterocycles. The van der Waals surface area contributed by atoms with Gasteiger partial charge in [-0.2, -0.15) is 13.2 Å². The monoisotopic (exact) mass is 678 g/mol. The SMILES string of the molecule is O=C(O)c1ccc(Oc2cccc(C(c3cccc(Oc4ccc(C(=O)O)c(C(=O)O)c4)c3)(C(F)(F)F)C(F)(F)CF)c2)cc1C(=O)O. The first-order valence-corrected chi connectivity index (χ1v) is 13.2. The fourth-order valence-corrected chi connectivity index (χ4v) is 4.98. The number of alkyl halides is 6. The van der Waals surface area contributed by atoms with Crippen LogP contribution >= 0.6 is 0 Å². The summed E-state index contributed by atoms with van der Waals surface area (Å²) in [5, 5.41) is 37.1. The lowest BCUT2D eigenvalue weighted by atomic mass is 9.69. The minimum atomic E-state index is -5.92. The standard InChI is InChI=1S/C32H20F6O10/c33-15-30(34,35)31(32(36,37)38,16-3-1-5-18(11-16)47-20-7-9-22(26(39)40)24(13-20)28(43)44)17-4-2-6-19(12-17)48-21-8-10-23(27(41)42)25(14-21)29(45)46/h1-14H,15H2,(H,39,40)(H,41,42)(H,43,44)(H,45,46). The van der Waals surface area contributed by atoms with Crippen LogP contribution in [0.2, 0.25) is 0 Å². The van der Waals surface area contributed by atoms with E-state index in [1.54, 1.807) is 0 Å². The van der Waals surface area contributed by atoms with E-state index in [4.69, 9.17) is 9.47 Å². The van der Waals surface area contributed by atoms with Gasteiger partial charge in [0.25, 0.3) is 5.92 Å². The molecule has 48 heavy (non-hydrogen) atoms. The Morgan fingerprint density at radius 1 is 0.521 bits per heavy atom. The van der Waals surface area contributed by atoms with Gasteiger partial charge in [-0.25, -0.2) is 32.3 Å². The van der Waals surface area contributed by atoms with Crippen molar-refractivity contribution < 1.29 is 75.4 Å². The maximum absolute atomic E-state index is 15.6. The third kappa shape index (κ3) is 6.44. The fraction of sp³-hybridized carbons (Fsp3) is 0.125. The molecular formula is C32H20F6O10. The molecule has 0 unspecified atom stereocenters. The average Bonchev–Trinajstić information content (AvgIpc) is 3.00. The van der Waals surface area contributed by atoms with E-state index in [2.05, 4.69) is 0 Å². The number of rotatable bonds is 12. The van der Waals surface area contributed by atoms with Crippen molar-refractivity contribution in [2.45, 2.75) is 17.5 Å². The summed E-state index contributed by atoms with van der Waals surface area (Å²) in [7, 11) is 0. The molecule has 4 N–H and O–H groups in total. The summed E-state index contributed by atoms with van der Waals surface area (Å²) in [5.41, 5.74) is -9.60. The highest BCUT2D eigenvalue weighted by Crippen LogP contribution is 2.56. The first-order chi connectivity index (χ1) is 22.4. The van der Waals surface area contributed by atoms with Gasteiger partial charge in [0.2, 0.25) is 0 Å². The lowest BCUT2D eigenvalue weighted by molar-refractivity contribution is -0.248. The van der Waals surface area contributed by atoms with Crippen LogP contribution in [-0.4, -0.2) is 63.1 Å². The lowest BCUT2D eigenvalue weighted by Gasteiger charge is -2.41. The zero-order chi connectivity index (χ0) is 35.6. The summed E-state index contributed by atoms with van der Waals surface area (Å²) < 4.78 is 101. The Morgan fingerprint density at radius 3 is 1.19 bits per heavy atom. The van der Waals surface area contributed by atoms with Gasteiger partial charge in [-0.1, -0.05) is 24.3 Å². The lowest BCUT2D eigenvalue weighted by Crippen LogP contribution is -2.57. The molecule has 0 heterocycles. The Hall–Kier alpha value is -6.06. The van der Waals surface area contributed by atoms with Crippen LogP contribution in [0.15, 0.2) is 84.9 Å². The topological polar surface area (TPSA) is 168 Å². The van der Waals surface area contributed by atoms with E-state index in [9.17, 15) is 44.0 Å². The van der Waals surface area contributed by atoms with Crippen molar-refractivity contribution in [1.82, 2.24) is 0 Å². The predicted octanol–water partition coefficient (Wildman–Crippen LogP) is 7.52. The first kappa shape index (κ1) is 34.8. The smallest absolute Gasteiger partial charge is 0.408 e. The molecule has 4 aromatic rings. The minimum absolute atomic E-state index is 0.380. The van der Waals surface area contributed by atoms with Crippen molar-refractivity contribution in [3.8, 4) is 23.0 Å². The molecule has 0 atom stereocenters. The normalized spacial score (nSPS) is 11.9. The van der Waals surface area contributed by atoms with Gasteiger partial charge >= 0.3 is 30.1 Å². The van der Waals surface area contributed by atoms with Gasteiger partial charge < -0.3 is 29.9 Å². The van der Waals surface area contributed by atoms with Gasteiger partial charge in [-0.3, -0.25) is 0 Å². The van der Waals surface area contributed by atoms with Gasteiger partial charge in [0, 0.05) is 0 Å². The Kier molecular flexibility index (Phi) is 9.41. The van der Waals surface area contributed by atoms with E-state index >= 15 is 22.0 Å². The Bertz CT molecular complexity index is 1800. The van der Waals surface area contributed by atoms with Crippen molar-refractivity contribution in [3.05, 3.63) is 118 Å². The molecule has 0 spiro atoms. The minimum Gasteiger partial charge on any atom is -0.478 e. The van der Waals surface area contributed by atoms with E-state index < -0.39 is 92.9 Å². The van der Waals surface area contributed by atoms with Crippen LogP contribution in [0.1, 0.15) is 52.6 Å². The number of hydrogen-bond donors (Lipinski definition) is 4. The number of halogens is 6. The third-order valence-corrected chi connectivity index (χ3v) is 7.05. The number of ether oxygens (including phenoxy) is 2. The molecule has 0 bridgehead atoms. The number of benzene rings is 4. The van der Waals surface area contributed by atoms with Crippen LogP contribution in [0.25, 0.3) is 0 Å². The predicted molar refractivity (Wildman–Crippen MR) is 152 cm³/mol. The maximum atomic E-state index is 15.6. The van der Waals surface area contributed by atoms with Crippen molar-refractivity contribution in [1.29, 1.82) is 0 Å². The number of carboxylic acid groups (broad SMARTS) is 4. The van der Waals surface area contributed by atoms with E-state index in [-0.39, 0.29) is 11.5 Å². The molecule has 0 aliphatic rings. The largest absolute Gasteiger partial charge is 0.478 e. The van der Waals surface area contributed by atoms with Gasteiger partial charge in [-0.15, -0.1) is 0 Å². The number of aromatic carboxylic acids is 4. The summed E-state index contributed by atoms with van der Waals surface area (Å²) in [6.07, 6.45) is -5.92. The molecule has 4 rings (SSSR count). The van der Waals surface area contributed by atoms with Crippen molar-refractivity contribution in [2.24, 2.45) is 0 Å². The number of carboxylic acids is 4. The van der Waals surface area contributed by atoms with Gasteiger partial charge in [0.1, 0.15) is 23.0 Å². The Labute approximate surface area is 265 Å². The molecule has 0 fully saturated rings. The number of hydrogen-bond acceptors (Lipinski definition) is 6. The van der Waals surface area contributed by atoms with Gasteiger partial charge in [0.15, 0.2) is 12.1 Å². The van der Waals surface area contributed by atoms with Crippen molar-refractivity contribution in [2.75, 3.05) is 6.67 Å². The summed E-state index contributed by atoms with van der Waals surface area (Å²) >= 11 is 0. The van der Waals surface area contributed by atoms with Crippen LogP contribution < -0.4 is 9.47 Å². The fourth-order valence-electron chi connectivity index (χ4n) is 4.98. The molecule has 250 valence electrons. The van der Waals surface area contributed by atoms with E-state index in [0.717, 1.165) is 60.7 Å². The first-order valence-electron chi connectivity index (χ1n) is 13.2. The molecule has 0 aliphatic heterocycles. The van der Waals surface area contributed by atoms with Crippen LogP contribution in [-0.2, 0) is 5.41 Å². The van der Waals surface area contributed by atoms with Crippen molar-refractivity contribution >= 4 is 23.9 Å².